The van der Waals surface area contributed by atoms with Gasteiger partial charge in [-0.3, -0.25) is 4.79 Å². The van der Waals surface area contributed by atoms with Gasteiger partial charge in [0.1, 0.15) is 25.1 Å². The first-order chi connectivity index (χ1) is 11.3. The van der Waals surface area contributed by atoms with Crippen LogP contribution >= 0.6 is 0 Å². The summed E-state index contributed by atoms with van der Waals surface area (Å²) >= 11 is 0. The van der Waals surface area contributed by atoms with E-state index in [2.05, 4.69) is 21.8 Å². The predicted molar refractivity (Wildman–Crippen MR) is 72.1 cm³/mol. The molecule has 2 N–H and O–H groups in total. The molecule has 1 heterocycles. The van der Waals surface area contributed by atoms with Crippen LogP contribution < -0.4 is 5.32 Å². The number of ether oxygens (including phenoxy) is 2. The van der Waals surface area contributed by atoms with Crippen molar-refractivity contribution in [3.63, 3.8) is 0 Å². The molecule has 24 heavy (non-hydrogen) atoms. The molecular weight excluding hydrogens is 339 g/mol. The first-order valence-electron chi connectivity index (χ1n) is 6.50. The lowest BCUT2D eigenvalue weighted by atomic mass is 9.70. The molecule has 8 nitrogen and oxygen atoms in total. The minimum Gasteiger partial charge on any atom is -0.394 e. The number of alkyl halides is 4. The lowest BCUT2D eigenvalue weighted by Gasteiger charge is -2.16. The summed E-state index contributed by atoms with van der Waals surface area (Å²) in [7, 11) is 1.03. The molecule has 0 aromatic heterocycles. The van der Waals surface area contributed by atoms with Gasteiger partial charge in [-0.2, -0.15) is 19.0 Å². The lowest BCUT2D eigenvalue weighted by Crippen LogP contribution is -2.37. The summed E-state index contributed by atoms with van der Waals surface area (Å²) < 4.78 is 59.9. The summed E-state index contributed by atoms with van der Waals surface area (Å²) in [4.78, 5) is 12.9. The Balaban J connectivity index is 2.47. The molecule has 13 heteroatoms. The zero-order valence-electron chi connectivity index (χ0n) is 12.0. The number of amides is 1. The van der Waals surface area contributed by atoms with Gasteiger partial charge in [0.15, 0.2) is 0 Å². The van der Waals surface area contributed by atoms with Crippen LogP contribution in [0.25, 0.3) is 10.4 Å². The summed E-state index contributed by atoms with van der Waals surface area (Å²) in [5, 5.41) is 13.7. The van der Waals surface area contributed by atoms with E-state index in [0.717, 1.165) is 7.28 Å². The first-order valence-corrected chi connectivity index (χ1v) is 6.50. The highest BCUT2D eigenvalue weighted by molar-refractivity contribution is 6.47. The van der Waals surface area contributed by atoms with Gasteiger partial charge in [0.2, 0.25) is 0 Å². The van der Waals surface area contributed by atoms with Gasteiger partial charge >= 0.3 is 12.1 Å². The van der Waals surface area contributed by atoms with Crippen molar-refractivity contribution in [3.05, 3.63) is 10.4 Å². The Kier molecular flexibility index (Phi) is 7.80. The number of hydrogen-bond acceptors (Lipinski definition) is 5. The number of azide groups is 1. The van der Waals surface area contributed by atoms with Gasteiger partial charge in [-0.25, -0.2) is 4.39 Å². The fourth-order valence-electron chi connectivity index (χ4n) is 1.79. The molecule has 0 bridgehead atoms. The summed E-state index contributed by atoms with van der Waals surface area (Å²) in [6, 6.07) is -1.19. The third-order valence-corrected chi connectivity index (χ3v) is 2.84. The molecule has 1 aliphatic rings. The zero-order valence-corrected chi connectivity index (χ0v) is 12.0. The zero-order chi connectivity index (χ0) is 18.2. The fourth-order valence-corrected chi connectivity index (χ4v) is 1.79. The highest BCUT2D eigenvalue weighted by Gasteiger charge is 2.45. The molecule has 1 saturated heterocycles. The standard InChI is InChI=1S/C11H12BF4N4O4/c13-7-8(23-5-19-20-17)6(4-21)24-9(7)12-2-1-3-18-10(22)11(14,15)16/h6-9,21H,3-5H2,(H,18,22)/t6-,7+,8?,9-/m1/s1. The van der Waals surface area contributed by atoms with Gasteiger partial charge in [-0.15, -0.1) is 0 Å². The summed E-state index contributed by atoms with van der Waals surface area (Å²) in [6.45, 7) is -1.59. The number of carbonyl (C=O) groups excluding carboxylic acids is 1. The largest absolute Gasteiger partial charge is 0.471 e. The van der Waals surface area contributed by atoms with E-state index in [-0.39, 0.29) is 0 Å². The van der Waals surface area contributed by atoms with Crippen LogP contribution in [0.1, 0.15) is 0 Å². The summed E-state index contributed by atoms with van der Waals surface area (Å²) in [6.07, 6.45) is -8.93. The number of hydrogen-bond donors (Lipinski definition) is 2. The normalized spacial score (nSPS) is 26.0. The highest BCUT2D eigenvalue weighted by atomic mass is 19.4. The van der Waals surface area contributed by atoms with Crippen molar-refractivity contribution in [2.75, 3.05) is 19.9 Å². The molecule has 1 unspecified atom stereocenters. The molecule has 0 aromatic carbocycles. The van der Waals surface area contributed by atoms with E-state index in [1.165, 1.54) is 5.32 Å². The van der Waals surface area contributed by atoms with Crippen LogP contribution in [0.3, 0.4) is 0 Å². The number of nitrogens with one attached hydrogen (secondary N) is 1. The van der Waals surface area contributed by atoms with Crippen molar-refractivity contribution < 1.29 is 36.9 Å². The number of nitrogens with zero attached hydrogens (tertiary/aromatic N) is 3. The number of halogens is 4. The Morgan fingerprint density at radius 3 is 2.83 bits per heavy atom. The quantitative estimate of drug-likeness (QED) is 0.175. The topological polar surface area (TPSA) is 117 Å². The predicted octanol–water partition coefficient (Wildman–Crippen LogP) is 0.0383. The lowest BCUT2D eigenvalue weighted by molar-refractivity contribution is -0.173. The van der Waals surface area contributed by atoms with Gasteiger partial charge in [-0.1, -0.05) is 11.0 Å². The molecule has 1 rings (SSSR count). The van der Waals surface area contributed by atoms with E-state index in [9.17, 15) is 22.4 Å². The highest BCUT2D eigenvalue weighted by Crippen LogP contribution is 2.26. The van der Waals surface area contributed by atoms with Crippen LogP contribution in [-0.2, 0) is 14.3 Å². The maximum absolute atomic E-state index is 14.1. The first kappa shape index (κ1) is 20.1. The van der Waals surface area contributed by atoms with Crippen molar-refractivity contribution in [1.82, 2.24) is 5.32 Å². The second kappa shape index (κ2) is 9.34. The van der Waals surface area contributed by atoms with E-state index in [1.54, 1.807) is 0 Å². The third kappa shape index (κ3) is 5.90. The average molecular weight is 351 g/mol. The van der Waals surface area contributed by atoms with E-state index in [1.807, 2.05) is 0 Å². The third-order valence-electron chi connectivity index (χ3n) is 2.84. The van der Waals surface area contributed by atoms with Crippen LogP contribution in [0.4, 0.5) is 17.6 Å². The molecule has 0 aromatic rings. The average Bonchev–Trinajstić information content (AvgIpc) is 2.82. The van der Waals surface area contributed by atoms with Gasteiger partial charge in [0.25, 0.3) is 7.28 Å². The summed E-state index contributed by atoms with van der Waals surface area (Å²) in [5.41, 5.74) is 8.12. The van der Waals surface area contributed by atoms with Gasteiger partial charge in [0, 0.05) is 4.91 Å². The van der Waals surface area contributed by atoms with Gasteiger partial charge in [-0.05, 0) is 5.53 Å². The maximum atomic E-state index is 14.1. The van der Waals surface area contributed by atoms with Crippen LogP contribution in [-0.4, -0.2) is 68.7 Å². The number of rotatable bonds is 6. The van der Waals surface area contributed by atoms with Gasteiger partial charge in [0.05, 0.1) is 19.2 Å². The van der Waals surface area contributed by atoms with Crippen molar-refractivity contribution in [2.24, 2.45) is 5.11 Å². The fraction of sp³-hybridized carbons (Fsp3) is 0.727. The van der Waals surface area contributed by atoms with Gasteiger partial charge < -0.3 is 19.9 Å². The van der Waals surface area contributed by atoms with Crippen LogP contribution in [0.5, 0.6) is 0 Å². The second-order valence-corrected chi connectivity index (χ2v) is 4.43. The van der Waals surface area contributed by atoms with Crippen molar-refractivity contribution >= 4 is 13.2 Å². The number of carbonyl (C=O) groups is 1. The molecule has 1 amide bonds. The Labute approximate surface area is 134 Å². The Hall–Kier alpha value is -2.00. The van der Waals surface area contributed by atoms with E-state index < -0.39 is 56.3 Å². The van der Waals surface area contributed by atoms with E-state index in [0.29, 0.717) is 0 Å². The Morgan fingerprint density at radius 2 is 2.25 bits per heavy atom. The molecule has 1 aliphatic heterocycles. The maximum Gasteiger partial charge on any atom is 0.471 e. The molecule has 1 radical (unpaired) electrons. The number of aliphatic hydroxyl groups is 1. The van der Waals surface area contributed by atoms with E-state index >= 15 is 0 Å². The molecule has 1 fully saturated rings. The molecular formula is C11H12BF4N4O4. The van der Waals surface area contributed by atoms with Crippen LogP contribution in [0, 0.1) is 11.7 Å². The van der Waals surface area contributed by atoms with Crippen molar-refractivity contribution in [1.29, 1.82) is 0 Å². The van der Waals surface area contributed by atoms with Crippen molar-refractivity contribution in [2.45, 2.75) is 30.6 Å². The minimum atomic E-state index is -5.01. The Bertz CT molecular complexity index is 546. The van der Waals surface area contributed by atoms with E-state index in [4.69, 9.17) is 20.1 Å². The second-order valence-electron chi connectivity index (χ2n) is 4.43. The molecule has 4 atom stereocenters. The SMILES string of the molecule is [N-]=[N+]=NCOC1[C@@H](CO)O[C@@H]([B]C#CCNC(=O)C(F)(F)F)[C@H]1F. The molecule has 0 saturated carbocycles. The molecule has 0 spiro atoms. The number of aliphatic hydroxyl groups excluding tert-OH is 1. The summed E-state index contributed by atoms with van der Waals surface area (Å²) in [5.74, 6) is 2.30. The Morgan fingerprint density at radius 1 is 1.54 bits per heavy atom. The molecule has 0 aliphatic carbocycles. The monoisotopic (exact) mass is 351 g/mol. The molecule has 131 valence electrons. The smallest absolute Gasteiger partial charge is 0.394 e. The van der Waals surface area contributed by atoms with Crippen LogP contribution in [0.2, 0.25) is 0 Å². The van der Waals surface area contributed by atoms with Crippen LogP contribution in [0.15, 0.2) is 5.11 Å². The minimum absolute atomic E-state index is 0.455. The van der Waals surface area contributed by atoms with Crippen molar-refractivity contribution in [3.8, 4) is 11.7 Å².